The fourth-order valence-electron chi connectivity index (χ4n) is 1.47. The molecule has 0 saturated carbocycles. The second-order valence-corrected chi connectivity index (χ2v) is 8.84. The number of hydrogen-bond acceptors (Lipinski definition) is 3. The smallest absolute Gasteiger partial charge is 0.263 e. The molecule has 0 spiro atoms. The number of anilines is 1. The highest BCUT2D eigenvalue weighted by atomic mass is 79.9. The molecule has 0 saturated heterocycles. The number of thiophene rings is 1. The van der Waals surface area contributed by atoms with E-state index >= 15 is 0 Å². The van der Waals surface area contributed by atoms with Gasteiger partial charge in [-0.1, -0.05) is 0 Å². The first-order valence-corrected chi connectivity index (χ1v) is 8.92. The van der Waals surface area contributed by atoms with Gasteiger partial charge in [-0.15, -0.1) is 11.3 Å². The monoisotopic (exact) mass is 427 g/mol. The van der Waals surface area contributed by atoms with Crippen molar-refractivity contribution in [3.05, 3.63) is 43.2 Å². The van der Waals surface area contributed by atoms with Gasteiger partial charge in [0.25, 0.3) is 10.0 Å². The average molecular weight is 429 g/mol. The van der Waals surface area contributed by atoms with Crippen LogP contribution >= 0.6 is 43.2 Å². The minimum Gasteiger partial charge on any atom is -0.278 e. The summed E-state index contributed by atoms with van der Waals surface area (Å²) in [7, 11) is -3.73. The number of sulfonamides is 1. The number of rotatable bonds is 3. The molecule has 3 nitrogen and oxygen atoms in total. The van der Waals surface area contributed by atoms with Crippen molar-refractivity contribution < 1.29 is 12.8 Å². The number of halogens is 3. The molecule has 0 aliphatic heterocycles. The highest BCUT2D eigenvalue weighted by Gasteiger charge is 2.20. The summed E-state index contributed by atoms with van der Waals surface area (Å²) < 4.78 is 41.2. The molecule has 2 rings (SSSR count). The second-order valence-electron chi connectivity index (χ2n) is 3.70. The number of benzene rings is 1. The van der Waals surface area contributed by atoms with Crippen LogP contribution in [0.5, 0.6) is 0 Å². The number of aryl methyl sites for hydroxylation is 1. The Morgan fingerprint density at radius 2 is 1.95 bits per heavy atom. The molecule has 1 N–H and O–H groups in total. The van der Waals surface area contributed by atoms with Crippen molar-refractivity contribution in [2.45, 2.75) is 11.8 Å². The van der Waals surface area contributed by atoms with Gasteiger partial charge in [0.15, 0.2) is 0 Å². The first-order chi connectivity index (χ1) is 8.79. The maximum Gasteiger partial charge on any atom is 0.263 e. The highest BCUT2D eigenvalue weighted by molar-refractivity contribution is 9.11. The Balaban J connectivity index is 2.42. The molecule has 2 aromatic rings. The lowest BCUT2D eigenvalue weighted by atomic mass is 10.3. The van der Waals surface area contributed by atoms with Gasteiger partial charge in [-0.2, -0.15) is 0 Å². The summed E-state index contributed by atoms with van der Waals surface area (Å²) in [5, 5.41) is 0. The van der Waals surface area contributed by atoms with Crippen molar-refractivity contribution >= 4 is 58.9 Å². The summed E-state index contributed by atoms with van der Waals surface area (Å²) in [5.74, 6) is -0.510. The molecule has 1 aromatic heterocycles. The largest absolute Gasteiger partial charge is 0.278 e. The van der Waals surface area contributed by atoms with Crippen LogP contribution in [0.25, 0.3) is 0 Å². The molecular weight excluding hydrogens is 421 g/mol. The van der Waals surface area contributed by atoms with Crippen LogP contribution in [0.4, 0.5) is 10.1 Å². The molecule has 0 amide bonds. The molecule has 8 heteroatoms. The molecule has 102 valence electrons. The zero-order valence-electron chi connectivity index (χ0n) is 9.58. The van der Waals surface area contributed by atoms with Crippen molar-refractivity contribution in [3.63, 3.8) is 0 Å². The second kappa shape index (κ2) is 5.51. The Labute approximate surface area is 131 Å². The van der Waals surface area contributed by atoms with E-state index in [0.717, 1.165) is 9.85 Å². The SMILES string of the molecule is Cc1sc(Br)cc1S(=O)(=O)Nc1cc(F)ccc1Br. The summed E-state index contributed by atoms with van der Waals surface area (Å²) in [6.45, 7) is 1.71. The van der Waals surface area contributed by atoms with Gasteiger partial charge >= 0.3 is 0 Å². The molecule has 0 unspecified atom stereocenters. The van der Waals surface area contributed by atoms with Crippen molar-refractivity contribution in [3.8, 4) is 0 Å². The lowest BCUT2D eigenvalue weighted by Gasteiger charge is -2.09. The van der Waals surface area contributed by atoms with Crippen molar-refractivity contribution in [2.75, 3.05) is 4.72 Å². The van der Waals surface area contributed by atoms with Crippen LogP contribution in [0.1, 0.15) is 4.88 Å². The van der Waals surface area contributed by atoms with Crippen LogP contribution < -0.4 is 4.72 Å². The lowest BCUT2D eigenvalue weighted by molar-refractivity contribution is 0.601. The standard InChI is InChI=1S/C11H8Br2FNO2S2/c1-6-10(5-11(13)18-6)19(16,17)15-9-4-7(14)2-3-8(9)12/h2-5,15H,1H3. The molecule has 0 fully saturated rings. The normalized spacial score (nSPS) is 11.6. The third-order valence-electron chi connectivity index (χ3n) is 2.30. The van der Waals surface area contributed by atoms with E-state index in [2.05, 4.69) is 36.6 Å². The summed E-state index contributed by atoms with van der Waals surface area (Å²) in [6.07, 6.45) is 0. The van der Waals surface area contributed by atoms with Crippen LogP contribution in [-0.4, -0.2) is 8.42 Å². The van der Waals surface area contributed by atoms with Gasteiger partial charge in [0.05, 0.1) is 9.47 Å². The van der Waals surface area contributed by atoms with E-state index in [1.807, 2.05) is 0 Å². The maximum absolute atomic E-state index is 13.1. The van der Waals surface area contributed by atoms with E-state index in [-0.39, 0.29) is 10.6 Å². The topological polar surface area (TPSA) is 46.2 Å². The molecule has 1 heterocycles. The molecule has 1 aromatic carbocycles. The van der Waals surface area contributed by atoms with Crippen LogP contribution in [0, 0.1) is 12.7 Å². The first-order valence-electron chi connectivity index (χ1n) is 5.03. The third kappa shape index (κ3) is 3.36. The number of hydrogen-bond donors (Lipinski definition) is 1. The fourth-order valence-corrected chi connectivity index (χ4v) is 5.44. The first kappa shape index (κ1) is 15.0. The van der Waals surface area contributed by atoms with E-state index in [1.54, 1.807) is 6.92 Å². The highest BCUT2D eigenvalue weighted by Crippen LogP contribution is 2.32. The Hall–Kier alpha value is -0.440. The van der Waals surface area contributed by atoms with Crippen molar-refractivity contribution in [1.82, 2.24) is 0 Å². The van der Waals surface area contributed by atoms with Gasteiger partial charge in [0, 0.05) is 9.35 Å². The minimum atomic E-state index is -3.73. The molecule has 0 aliphatic rings. The Kier molecular flexibility index (Phi) is 4.34. The minimum absolute atomic E-state index is 0.168. The van der Waals surface area contributed by atoms with E-state index < -0.39 is 15.8 Å². The van der Waals surface area contributed by atoms with Crippen LogP contribution in [0.3, 0.4) is 0 Å². The predicted octanol–water partition coefficient (Wildman–Crippen LogP) is 4.52. The predicted molar refractivity (Wildman–Crippen MR) is 81.7 cm³/mol. The van der Waals surface area contributed by atoms with Crippen LogP contribution in [-0.2, 0) is 10.0 Å². The number of nitrogens with one attached hydrogen (secondary N) is 1. The van der Waals surface area contributed by atoms with Gasteiger partial charge in [-0.05, 0) is 63.0 Å². The molecule has 0 bridgehead atoms. The van der Waals surface area contributed by atoms with E-state index in [4.69, 9.17) is 0 Å². The summed E-state index contributed by atoms with van der Waals surface area (Å²) >= 11 is 7.75. The summed E-state index contributed by atoms with van der Waals surface area (Å²) in [4.78, 5) is 0.840. The summed E-state index contributed by atoms with van der Waals surface area (Å²) in [6, 6.07) is 5.34. The van der Waals surface area contributed by atoms with E-state index in [0.29, 0.717) is 9.35 Å². The van der Waals surface area contributed by atoms with Gasteiger partial charge in [0.1, 0.15) is 10.7 Å². The Bertz CT molecular complexity index is 728. The summed E-state index contributed by atoms with van der Waals surface area (Å²) in [5.41, 5.74) is 0.168. The van der Waals surface area contributed by atoms with Gasteiger partial charge in [0.2, 0.25) is 0 Å². The zero-order chi connectivity index (χ0) is 14.2. The van der Waals surface area contributed by atoms with E-state index in [1.165, 1.54) is 29.5 Å². The average Bonchev–Trinajstić information content (AvgIpc) is 2.63. The molecule has 19 heavy (non-hydrogen) atoms. The molecule has 0 radical (unpaired) electrons. The Morgan fingerprint density at radius 1 is 1.26 bits per heavy atom. The molecule has 0 aliphatic carbocycles. The lowest BCUT2D eigenvalue weighted by Crippen LogP contribution is -2.13. The van der Waals surface area contributed by atoms with Crippen LogP contribution in [0.15, 0.2) is 37.4 Å². The quantitative estimate of drug-likeness (QED) is 0.780. The van der Waals surface area contributed by atoms with Crippen molar-refractivity contribution in [1.29, 1.82) is 0 Å². The van der Waals surface area contributed by atoms with Crippen LogP contribution in [0.2, 0.25) is 0 Å². The van der Waals surface area contributed by atoms with Gasteiger partial charge in [-0.3, -0.25) is 4.72 Å². The van der Waals surface area contributed by atoms with Gasteiger partial charge < -0.3 is 0 Å². The van der Waals surface area contributed by atoms with Gasteiger partial charge in [-0.25, -0.2) is 12.8 Å². The molecular formula is C11H8Br2FNO2S2. The zero-order valence-corrected chi connectivity index (χ0v) is 14.4. The molecule has 0 atom stereocenters. The maximum atomic E-state index is 13.1. The Morgan fingerprint density at radius 3 is 2.53 bits per heavy atom. The van der Waals surface area contributed by atoms with Crippen molar-refractivity contribution in [2.24, 2.45) is 0 Å². The fraction of sp³-hybridized carbons (Fsp3) is 0.0909. The van der Waals surface area contributed by atoms with E-state index in [9.17, 15) is 12.8 Å². The third-order valence-corrected chi connectivity index (χ3v) is 6.17.